The molecule has 1 aliphatic rings. The Morgan fingerprint density at radius 3 is 2.55 bits per heavy atom. The Balaban J connectivity index is 1.49. The van der Waals surface area contributed by atoms with Gasteiger partial charge in [-0.15, -0.1) is 0 Å². The predicted molar refractivity (Wildman–Crippen MR) is 127 cm³/mol. The maximum Gasteiger partial charge on any atom is 0.303 e. The molecule has 6 heteroatoms. The van der Waals surface area contributed by atoms with Gasteiger partial charge in [0.15, 0.2) is 0 Å². The molecular formula is C27H34N2O4. The molecule has 0 amide bonds. The van der Waals surface area contributed by atoms with Gasteiger partial charge in [-0.1, -0.05) is 36.4 Å². The quantitative estimate of drug-likeness (QED) is 0.454. The van der Waals surface area contributed by atoms with E-state index in [4.69, 9.17) is 9.84 Å². The number of aryl methyl sites for hydroxylation is 1. The molecule has 0 spiro atoms. The lowest BCUT2D eigenvalue weighted by Crippen LogP contribution is -2.46. The first-order valence-electron chi connectivity index (χ1n) is 11.6. The number of β-amino-alcohol motifs (C(OH)–C–C–N with tert-alkyl or cyclic N) is 1. The molecule has 0 radical (unpaired) electrons. The molecule has 1 unspecified atom stereocenters. The zero-order chi connectivity index (χ0) is 23.8. The summed E-state index contributed by atoms with van der Waals surface area (Å²) in [6, 6.07) is 16.0. The Bertz CT molecular complexity index is 971. The highest BCUT2D eigenvalue weighted by Crippen LogP contribution is 2.32. The van der Waals surface area contributed by atoms with Gasteiger partial charge in [0.2, 0.25) is 0 Å². The van der Waals surface area contributed by atoms with Crippen LogP contribution in [0.4, 0.5) is 0 Å². The Hall–Kier alpha value is -2.88. The fraction of sp³-hybridized carbons (Fsp3) is 0.481. The van der Waals surface area contributed by atoms with Gasteiger partial charge >= 0.3 is 5.97 Å². The van der Waals surface area contributed by atoms with Crippen molar-refractivity contribution >= 4 is 5.97 Å². The summed E-state index contributed by atoms with van der Waals surface area (Å²) in [4.78, 5) is 10.8. The lowest BCUT2D eigenvalue weighted by Gasteiger charge is -2.30. The molecule has 2 aromatic carbocycles. The molecule has 0 aromatic heterocycles. The van der Waals surface area contributed by atoms with E-state index >= 15 is 0 Å². The highest BCUT2D eigenvalue weighted by Gasteiger charge is 2.28. The third-order valence-electron chi connectivity index (χ3n) is 6.22. The molecule has 0 saturated carbocycles. The van der Waals surface area contributed by atoms with Crippen molar-refractivity contribution in [3.05, 3.63) is 64.7 Å². The maximum absolute atomic E-state index is 10.8. The van der Waals surface area contributed by atoms with Gasteiger partial charge in [0.05, 0.1) is 5.56 Å². The number of carboxylic acid groups (broad SMARTS) is 1. The molecule has 0 fully saturated rings. The van der Waals surface area contributed by atoms with Crippen LogP contribution in [0, 0.1) is 17.2 Å². The molecule has 0 bridgehead atoms. The van der Waals surface area contributed by atoms with Crippen molar-refractivity contribution in [2.24, 2.45) is 5.92 Å². The van der Waals surface area contributed by atoms with E-state index in [9.17, 15) is 15.2 Å². The molecule has 1 atom stereocenters. The highest BCUT2D eigenvalue weighted by atomic mass is 16.5. The van der Waals surface area contributed by atoms with E-state index in [1.165, 1.54) is 11.1 Å². The van der Waals surface area contributed by atoms with E-state index in [-0.39, 0.29) is 18.6 Å². The molecular weight excluding hydrogens is 416 g/mol. The van der Waals surface area contributed by atoms with Gasteiger partial charge in [-0.3, -0.25) is 4.79 Å². The first-order chi connectivity index (χ1) is 15.8. The van der Waals surface area contributed by atoms with Gasteiger partial charge in [0.1, 0.15) is 24.5 Å². The topological polar surface area (TPSA) is 103 Å². The van der Waals surface area contributed by atoms with E-state index in [0.717, 1.165) is 24.8 Å². The Morgan fingerprint density at radius 2 is 1.91 bits per heavy atom. The summed E-state index contributed by atoms with van der Waals surface area (Å²) in [5.74, 6) is 0.182. The van der Waals surface area contributed by atoms with Crippen LogP contribution in [0.3, 0.4) is 0 Å². The van der Waals surface area contributed by atoms with Crippen LogP contribution >= 0.6 is 0 Å². The van der Waals surface area contributed by atoms with Crippen LogP contribution in [0.2, 0.25) is 0 Å². The first kappa shape index (κ1) is 24.8. The van der Waals surface area contributed by atoms with Gasteiger partial charge in [-0.2, -0.15) is 5.26 Å². The molecule has 0 heterocycles. The van der Waals surface area contributed by atoms with E-state index in [1.54, 1.807) is 12.1 Å². The zero-order valence-corrected chi connectivity index (χ0v) is 19.5. The number of nitrogens with one attached hydrogen (secondary N) is 1. The van der Waals surface area contributed by atoms with E-state index in [2.05, 4.69) is 49.5 Å². The second-order valence-corrected chi connectivity index (χ2v) is 9.63. The van der Waals surface area contributed by atoms with Crippen molar-refractivity contribution in [1.29, 1.82) is 5.26 Å². The first-order valence-corrected chi connectivity index (χ1v) is 11.6. The third-order valence-corrected chi connectivity index (χ3v) is 6.22. The maximum atomic E-state index is 10.8. The number of carbonyl (C=O) groups is 1. The van der Waals surface area contributed by atoms with Gasteiger partial charge in [-0.05, 0) is 74.6 Å². The second-order valence-electron chi connectivity index (χ2n) is 9.63. The second kappa shape index (κ2) is 11.3. The van der Waals surface area contributed by atoms with Crippen molar-refractivity contribution in [3.8, 4) is 11.8 Å². The van der Waals surface area contributed by atoms with Crippen molar-refractivity contribution < 1.29 is 19.7 Å². The number of hydrogen-bond donors (Lipinski definition) is 3. The normalized spacial score (nSPS) is 14.5. The molecule has 2 aromatic rings. The zero-order valence-electron chi connectivity index (χ0n) is 19.5. The fourth-order valence-electron chi connectivity index (χ4n) is 4.69. The van der Waals surface area contributed by atoms with Crippen molar-refractivity contribution in [3.63, 3.8) is 0 Å². The van der Waals surface area contributed by atoms with Crippen molar-refractivity contribution in [1.82, 2.24) is 5.32 Å². The minimum Gasteiger partial charge on any atom is -0.489 e. The summed E-state index contributed by atoms with van der Waals surface area (Å²) in [6.45, 7) is 4.77. The summed E-state index contributed by atoms with van der Waals surface area (Å²) in [6.07, 6.45) is 3.50. The van der Waals surface area contributed by atoms with Crippen LogP contribution in [0.15, 0.2) is 42.5 Å². The molecule has 6 nitrogen and oxygen atoms in total. The predicted octanol–water partition coefficient (Wildman–Crippen LogP) is 3.88. The standard InChI is InChI=1S/C27H34N2O4/c1-27(2,15-19-13-21-7-3-4-8-22(21)14-19)29-17-24(30)18-33-26-20(10-6-12-25(31)32)9-5-11-23(26)16-28/h3-5,7-9,11,19,24,29-30H,6,10,12-15,17-18H2,1-2H3,(H,31,32). The molecule has 0 aliphatic heterocycles. The number of hydrogen-bond acceptors (Lipinski definition) is 5. The Labute approximate surface area is 196 Å². The minimum atomic E-state index is -0.848. The molecule has 176 valence electrons. The highest BCUT2D eigenvalue weighted by molar-refractivity contribution is 5.66. The number of rotatable bonds is 12. The van der Waals surface area contributed by atoms with Crippen LogP contribution in [0.5, 0.6) is 5.75 Å². The number of nitriles is 1. The van der Waals surface area contributed by atoms with Crippen molar-refractivity contribution in [2.75, 3.05) is 13.2 Å². The van der Waals surface area contributed by atoms with E-state index in [1.807, 2.05) is 6.07 Å². The monoisotopic (exact) mass is 450 g/mol. The molecule has 0 saturated heterocycles. The van der Waals surface area contributed by atoms with Crippen LogP contribution < -0.4 is 10.1 Å². The Morgan fingerprint density at radius 1 is 1.21 bits per heavy atom. The largest absolute Gasteiger partial charge is 0.489 e. The Kier molecular flexibility index (Phi) is 8.49. The molecule has 33 heavy (non-hydrogen) atoms. The number of ether oxygens (including phenoxy) is 1. The van der Waals surface area contributed by atoms with Crippen LogP contribution in [0.1, 0.15) is 55.4 Å². The van der Waals surface area contributed by atoms with Crippen LogP contribution in [-0.4, -0.2) is 41.0 Å². The summed E-state index contributed by atoms with van der Waals surface area (Å²) in [5, 5.41) is 32.3. The van der Waals surface area contributed by atoms with Gasteiger partial charge in [0.25, 0.3) is 0 Å². The molecule has 3 N–H and O–H groups in total. The molecule has 1 aliphatic carbocycles. The summed E-state index contributed by atoms with van der Waals surface area (Å²) in [5.41, 5.74) is 3.95. The lowest BCUT2D eigenvalue weighted by molar-refractivity contribution is -0.137. The summed E-state index contributed by atoms with van der Waals surface area (Å²) < 4.78 is 5.86. The minimum absolute atomic E-state index is 0.0581. The third kappa shape index (κ3) is 7.31. The summed E-state index contributed by atoms with van der Waals surface area (Å²) >= 11 is 0. The fourth-order valence-corrected chi connectivity index (χ4v) is 4.69. The van der Waals surface area contributed by atoms with Crippen LogP contribution in [0.25, 0.3) is 0 Å². The average molecular weight is 451 g/mol. The van der Waals surface area contributed by atoms with Gasteiger partial charge in [0, 0.05) is 18.5 Å². The number of aliphatic carboxylic acids is 1. The SMILES string of the molecule is CC(C)(CC1Cc2ccccc2C1)NCC(O)COc1c(C#N)cccc1CCCC(=O)O. The number of benzene rings is 2. The smallest absolute Gasteiger partial charge is 0.303 e. The number of fused-ring (bicyclic) bond motifs is 1. The van der Waals surface area contributed by atoms with Crippen molar-refractivity contribution in [2.45, 2.75) is 64.0 Å². The van der Waals surface area contributed by atoms with E-state index in [0.29, 0.717) is 36.6 Å². The average Bonchev–Trinajstić information content (AvgIpc) is 3.17. The van der Waals surface area contributed by atoms with Crippen LogP contribution in [-0.2, 0) is 24.1 Å². The number of aliphatic hydroxyl groups is 1. The van der Waals surface area contributed by atoms with Gasteiger partial charge in [-0.25, -0.2) is 0 Å². The number of carboxylic acids is 1. The summed E-state index contributed by atoms with van der Waals surface area (Å²) in [7, 11) is 0. The van der Waals surface area contributed by atoms with E-state index < -0.39 is 12.1 Å². The number of aliphatic hydroxyl groups excluding tert-OH is 1. The number of para-hydroxylation sites is 1. The van der Waals surface area contributed by atoms with Gasteiger partial charge < -0.3 is 20.3 Å². The molecule has 3 rings (SSSR count). The number of nitrogens with zero attached hydrogens (tertiary/aromatic N) is 1. The lowest BCUT2D eigenvalue weighted by atomic mass is 9.88.